The highest BCUT2D eigenvalue weighted by Gasteiger charge is 2.15. The third kappa shape index (κ3) is 4.78. The van der Waals surface area contributed by atoms with Gasteiger partial charge < -0.3 is 14.4 Å². The Morgan fingerprint density at radius 1 is 0.923 bits per heavy atom. The number of ether oxygens (including phenoxy) is 2. The molecule has 0 aliphatic rings. The molecule has 0 spiro atoms. The van der Waals surface area contributed by atoms with Crippen molar-refractivity contribution in [1.29, 1.82) is 0 Å². The van der Waals surface area contributed by atoms with Crippen LogP contribution in [-0.4, -0.2) is 31.2 Å². The molecular formula is C22H29NO3. The fourth-order valence-corrected chi connectivity index (χ4v) is 2.73. The second kappa shape index (κ2) is 8.26. The summed E-state index contributed by atoms with van der Waals surface area (Å²) < 4.78 is 10.9. The average molecular weight is 355 g/mol. The Bertz CT molecular complexity index is 741. The number of hydrogen-bond donors (Lipinski definition) is 0. The Kier molecular flexibility index (Phi) is 6.30. The van der Waals surface area contributed by atoms with E-state index in [1.807, 2.05) is 26.0 Å². The van der Waals surface area contributed by atoms with Gasteiger partial charge in [0.1, 0.15) is 11.5 Å². The van der Waals surface area contributed by atoms with Crippen LogP contribution in [0.1, 0.15) is 40.2 Å². The van der Waals surface area contributed by atoms with Gasteiger partial charge in [-0.25, -0.2) is 4.79 Å². The van der Waals surface area contributed by atoms with Crippen LogP contribution < -0.4 is 9.47 Å². The lowest BCUT2D eigenvalue weighted by molar-refractivity contribution is 0.157. The molecule has 0 fully saturated rings. The van der Waals surface area contributed by atoms with Crippen LogP contribution >= 0.6 is 0 Å². The van der Waals surface area contributed by atoms with Crippen molar-refractivity contribution in [3.05, 3.63) is 48.0 Å². The summed E-state index contributed by atoms with van der Waals surface area (Å²) >= 11 is 0. The van der Waals surface area contributed by atoms with E-state index in [1.54, 1.807) is 18.1 Å². The third-order valence-corrected chi connectivity index (χ3v) is 4.43. The molecule has 0 atom stereocenters. The van der Waals surface area contributed by atoms with Crippen molar-refractivity contribution in [3.8, 4) is 22.6 Å². The number of amides is 1. The number of hydrogen-bond acceptors (Lipinski definition) is 3. The minimum atomic E-state index is -0.350. The molecule has 1 amide bonds. The van der Waals surface area contributed by atoms with Crippen molar-refractivity contribution in [2.45, 2.75) is 40.0 Å². The number of carbonyl (C=O) groups excluding carboxylic acids is 1. The molecule has 2 aromatic rings. The molecule has 26 heavy (non-hydrogen) atoms. The lowest BCUT2D eigenvalue weighted by Crippen LogP contribution is -2.33. The van der Waals surface area contributed by atoms with E-state index in [-0.39, 0.29) is 11.5 Å². The van der Waals surface area contributed by atoms with Gasteiger partial charge in [0.2, 0.25) is 0 Å². The van der Waals surface area contributed by atoms with Crippen LogP contribution in [0.15, 0.2) is 42.5 Å². The van der Waals surface area contributed by atoms with Gasteiger partial charge in [-0.15, -0.1) is 0 Å². The SMILES string of the molecule is CCN(CC)C(=O)Oc1cc(OC)cc(-c2ccc(C(C)(C)C)cc2)c1. The first-order valence-electron chi connectivity index (χ1n) is 9.05. The molecule has 0 aromatic heterocycles. The first-order valence-corrected chi connectivity index (χ1v) is 9.05. The summed E-state index contributed by atoms with van der Waals surface area (Å²) in [5, 5.41) is 0. The average Bonchev–Trinajstić information content (AvgIpc) is 2.61. The normalized spacial score (nSPS) is 11.2. The van der Waals surface area contributed by atoms with E-state index < -0.39 is 0 Å². The molecule has 0 unspecified atom stereocenters. The molecule has 0 heterocycles. The molecule has 4 heteroatoms. The minimum Gasteiger partial charge on any atom is -0.497 e. The highest BCUT2D eigenvalue weighted by molar-refractivity contribution is 5.73. The highest BCUT2D eigenvalue weighted by atomic mass is 16.6. The predicted octanol–water partition coefficient (Wildman–Crippen LogP) is 5.50. The molecule has 0 aliphatic heterocycles. The van der Waals surface area contributed by atoms with Crippen LogP contribution in [0.25, 0.3) is 11.1 Å². The molecule has 0 aliphatic carbocycles. The van der Waals surface area contributed by atoms with Gasteiger partial charge in [0.15, 0.2) is 0 Å². The number of carbonyl (C=O) groups is 1. The van der Waals surface area contributed by atoms with Gasteiger partial charge >= 0.3 is 6.09 Å². The lowest BCUT2D eigenvalue weighted by Gasteiger charge is -2.20. The number of rotatable bonds is 5. The molecule has 0 saturated carbocycles. The van der Waals surface area contributed by atoms with Gasteiger partial charge in [-0.2, -0.15) is 0 Å². The van der Waals surface area contributed by atoms with Crippen LogP contribution in [0.4, 0.5) is 4.79 Å². The lowest BCUT2D eigenvalue weighted by atomic mass is 9.86. The maximum Gasteiger partial charge on any atom is 0.415 e. The quantitative estimate of drug-likeness (QED) is 0.711. The van der Waals surface area contributed by atoms with Gasteiger partial charge in [0.05, 0.1) is 7.11 Å². The number of nitrogens with zero attached hydrogens (tertiary/aromatic N) is 1. The largest absolute Gasteiger partial charge is 0.497 e. The summed E-state index contributed by atoms with van der Waals surface area (Å²) in [4.78, 5) is 13.9. The van der Waals surface area contributed by atoms with Crippen molar-refractivity contribution in [3.63, 3.8) is 0 Å². The zero-order valence-electron chi connectivity index (χ0n) is 16.6. The van der Waals surface area contributed by atoms with Gasteiger partial charge in [0, 0.05) is 19.2 Å². The van der Waals surface area contributed by atoms with Gasteiger partial charge in [-0.05, 0) is 48.1 Å². The van der Waals surface area contributed by atoms with Crippen LogP contribution in [-0.2, 0) is 5.41 Å². The van der Waals surface area contributed by atoms with Crippen LogP contribution in [0, 0.1) is 0 Å². The summed E-state index contributed by atoms with van der Waals surface area (Å²) in [6.07, 6.45) is -0.350. The fraction of sp³-hybridized carbons (Fsp3) is 0.409. The molecule has 140 valence electrons. The first kappa shape index (κ1) is 19.8. The maximum atomic E-state index is 12.2. The van der Waals surface area contributed by atoms with E-state index in [2.05, 4.69) is 45.0 Å². The molecule has 0 bridgehead atoms. The summed E-state index contributed by atoms with van der Waals surface area (Å²) in [6.45, 7) is 11.7. The van der Waals surface area contributed by atoms with Crippen molar-refractivity contribution < 1.29 is 14.3 Å². The zero-order valence-corrected chi connectivity index (χ0v) is 16.6. The predicted molar refractivity (Wildman–Crippen MR) is 106 cm³/mol. The van der Waals surface area contributed by atoms with Crippen LogP contribution in [0.5, 0.6) is 11.5 Å². The van der Waals surface area contributed by atoms with Gasteiger partial charge in [0.25, 0.3) is 0 Å². The molecule has 0 N–H and O–H groups in total. The summed E-state index contributed by atoms with van der Waals surface area (Å²) in [5.74, 6) is 1.14. The fourth-order valence-electron chi connectivity index (χ4n) is 2.73. The Morgan fingerprint density at radius 2 is 1.50 bits per heavy atom. The first-order chi connectivity index (χ1) is 12.3. The minimum absolute atomic E-state index is 0.108. The number of benzene rings is 2. The smallest absolute Gasteiger partial charge is 0.415 e. The highest BCUT2D eigenvalue weighted by Crippen LogP contribution is 2.32. The molecule has 0 radical (unpaired) electrons. The van der Waals surface area contributed by atoms with Crippen LogP contribution in [0.2, 0.25) is 0 Å². The summed E-state index contributed by atoms with van der Waals surface area (Å²) in [7, 11) is 1.61. The molecule has 0 saturated heterocycles. The van der Waals surface area contributed by atoms with E-state index in [9.17, 15) is 4.79 Å². The Hall–Kier alpha value is -2.49. The van der Waals surface area contributed by atoms with Crippen molar-refractivity contribution in [1.82, 2.24) is 4.90 Å². The molecule has 2 rings (SSSR count). The second-order valence-corrected chi connectivity index (χ2v) is 7.26. The standard InChI is InChI=1S/C22H29NO3/c1-7-23(8-2)21(24)26-20-14-17(13-19(15-20)25-6)16-9-11-18(12-10-16)22(3,4)5/h9-15H,7-8H2,1-6H3. The van der Waals surface area contributed by atoms with Crippen molar-refractivity contribution >= 4 is 6.09 Å². The zero-order chi connectivity index (χ0) is 19.3. The van der Waals surface area contributed by atoms with Crippen LogP contribution in [0.3, 0.4) is 0 Å². The Morgan fingerprint density at radius 3 is 2.00 bits per heavy atom. The number of methoxy groups -OCH3 is 1. The monoisotopic (exact) mass is 355 g/mol. The van der Waals surface area contributed by atoms with Gasteiger partial charge in [-0.3, -0.25) is 0 Å². The second-order valence-electron chi connectivity index (χ2n) is 7.26. The molecular weight excluding hydrogens is 326 g/mol. The van der Waals surface area contributed by atoms with E-state index in [0.717, 1.165) is 11.1 Å². The van der Waals surface area contributed by atoms with Crippen molar-refractivity contribution in [2.75, 3.05) is 20.2 Å². The third-order valence-electron chi connectivity index (χ3n) is 4.43. The van der Waals surface area contributed by atoms with E-state index >= 15 is 0 Å². The summed E-state index contributed by atoms with van der Waals surface area (Å²) in [5.41, 5.74) is 3.39. The van der Waals surface area contributed by atoms with Crippen molar-refractivity contribution in [2.24, 2.45) is 0 Å². The topological polar surface area (TPSA) is 38.8 Å². The van der Waals surface area contributed by atoms with E-state index in [4.69, 9.17) is 9.47 Å². The Labute approximate surface area is 156 Å². The molecule has 4 nitrogen and oxygen atoms in total. The van der Waals surface area contributed by atoms with Gasteiger partial charge in [-0.1, -0.05) is 45.0 Å². The maximum absolute atomic E-state index is 12.2. The van der Waals surface area contributed by atoms with E-state index in [1.165, 1.54) is 5.56 Å². The summed E-state index contributed by atoms with van der Waals surface area (Å²) in [6, 6.07) is 14.0. The Balaban J connectivity index is 2.33. The molecule has 2 aromatic carbocycles. The van der Waals surface area contributed by atoms with E-state index in [0.29, 0.717) is 24.6 Å².